The highest BCUT2D eigenvalue weighted by atomic mass is 19.2. The quantitative estimate of drug-likeness (QED) is 0.868. The van der Waals surface area contributed by atoms with Gasteiger partial charge in [-0.15, -0.1) is 0 Å². The summed E-state index contributed by atoms with van der Waals surface area (Å²) in [6.45, 7) is -0.163. The normalized spacial score (nSPS) is 21.4. The zero-order valence-electron chi connectivity index (χ0n) is 11.4. The number of hydrogen-bond acceptors (Lipinski definition) is 4. The molecule has 6 heteroatoms. The topological polar surface area (TPSA) is 51.9 Å². The Morgan fingerprint density at radius 3 is 2.71 bits per heavy atom. The highest BCUT2D eigenvalue weighted by molar-refractivity contribution is 5.90. The highest BCUT2D eigenvalue weighted by Crippen LogP contribution is 2.32. The van der Waals surface area contributed by atoms with Gasteiger partial charge >= 0.3 is 6.09 Å². The van der Waals surface area contributed by atoms with Gasteiger partial charge < -0.3 is 13.9 Å². The Hall–Kier alpha value is -2.50. The summed E-state index contributed by atoms with van der Waals surface area (Å²) in [5.41, 5.74) is 1.20. The average Bonchev–Trinajstić information content (AvgIpc) is 3.07. The van der Waals surface area contributed by atoms with Crippen molar-refractivity contribution in [1.29, 1.82) is 0 Å². The van der Waals surface area contributed by atoms with Crippen LogP contribution in [0.2, 0.25) is 0 Å². The first-order valence-electron chi connectivity index (χ1n) is 6.44. The van der Waals surface area contributed by atoms with E-state index >= 15 is 0 Å². The Labute approximate surface area is 120 Å². The number of carbonyl (C=O) groups is 1. The third kappa shape index (κ3) is 2.69. The lowest BCUT2D eigenvalue weighted by atomic mass is 10.1. The molecule has 3 rings (SSSR count). The molecule has 0 aliphatic carbocycles. The van der Waals surface area contributed by atoms with E-state index in [9.17, 15) is 9.18 Å². The predicted molar refractivity (Wildman–Crippen MR) is 73.1 cm³/mol. The third-order valence-corrected chi connectivity index (χ3v) is 3.32. The summed E-state index contributed by atoms with van der Waals surface area (Å²) < 4.78 is 29.5. The van der Waals surface area contributed by atoms with Crippen LogP contribution < -0.4 is 9.64 Å². The molecule has 1 atom stereocenters. The van der Waals surface area contributed by atoms with E-state index in [-0.39, 0.29) is 13.0 Å². The molecule has 0 spiro atoms. The summed E-state index contributed by atoms with van der Waals surface area (Å²) >= 11 is 0. The van der Waals surface area contributed by atoms with Gasteiger partial charge in [0.1, 0.15) is 5.75 Å². The number of methoxy groups -OCH3 is 1. The van der Waals surface area contributed by atoms with E-state index in [0.29, 0.717) is 17.0 Å². The van der Waals surface area contributed by atoms with Gasteiger partial charge in [-0.25, -0.2) is 4.79 Å². The van der Waals surface area contributed by atoms with Gasteiger partial charge in [-0.1, -0.05) is 0 Å². The fourth-order valence-corrected chi connectivity index (χ4v) is 2.29. The van der Waals surface area contributed by atoms with Crippen LogP contribution >= 0.6 is 0 Å². The van der Waals surface area contributed by atoms with Crippen LogP contribution in [0.4, 0.5) is 14.9 Å². The van der Waals surface area contributed by atoms with E-state index in [1.54, 1.807) is 37.4 Å². The number of hydrogen-bond donors (Lipinski definition) is 0. The molecule has 1 aromatic heterocycles. The van der Waals surface area contributed by atoms with E-state index < -0.39 is 11.9 Å². The summed E-state index contributed by atoms with van der Waals surface area (Å²) in [4.78, 5) is 13.1. The van der Waals surface area contributed by atoms with Crippen molar-refractivity contribution in [1.82, 2.24) is 0 Å². The molecular weight excluding hydrogens is 277 g/mol. The first-order chi connectivity index (χ1) is 10.1. The minimum Gasteiger partial charge on any atom is -0.497 e. The van der Waals surface area contributed by atoms with Gasteiger partial charge in [0.15, 0.2) is 0 Å². The molecule has 110 valence electrons. The highest BCUT2D eigenvalue weighted by Gasteiger charge is 2.46. The van der Waals surface area contributed by atoms with E-state index in [1.807, 2.05) is 0 Å². The number of nitrogens with zero attached hydrogens (tertiary/aromatic N) is 1. The zero-order chi connectivity index (χ0) is 14.9. The van der Waals surface area contributed by atoms with Crippen molar-refractivity contribution in [2.75, 3.05) is 18.6 Å². The van der Waals surface area contributed by atoms with Gasteiger partial charge in [0, 0.05) is 12.1 Å². The smallest absolute Gasteiger partial charge is 0.417 e. The number of benzene rings is 1. The number of amides is 1. The van der Waals surface area contributed by atoms with Crippen LogP contribution in [0.1, 0.15) is 5.56 Å². The van der Waals surface area contributed by atoms with Crippen LogP contribution in [0.5, 0.6) is 5.75 Å². The number of alkyl halides is 1. The summed E-state index contributed by atoms with van der Waals surface area (Å²) in [7, 11) is 1.55. The lowest BCUT2D eigenvalue weighted by Crippen LogP contribution is -2.32. The molecule has 0 N–H and O–H groups in total. The van der Waals surface area contributed by atoms with Crippen molar-refractivity contribution >= 4 is 11.8 Å². The molecule has 1 aliphatic heterocycles. The average molecular weight is 291 g/mol. The largest absolute Gasteiger partial charge is 0.497 e. The minimum absolute atomic E-state index is 0.0398. The number of anilines is 1. The van der Waals surface area contributed by atoms with Gasteiger partial charge in [0.2, 0.25) is 0 Å². The molecule has 1 fully saturated rings. The molecule has 1 saturated heterocycles. The molecule has 1 aromatic carbocycles. The van der Waals surface area contributed by atoms with Gasteiger partial charge in [-0.3, -0.25) is 4.90 Å². The van der Waals surface area contributed by atoms with E-state index in [1.165, 1.54) is 17.4 Å². The fraction of sp³-hybridized carbons (Fsp3) is 0.267. The predicted octanol–water partition coefficient (Wildman–Crippen LogP) is 3.15. The first-order valence-corrected chi connectivity index (χ1v) is 6.44. The van der Waals surface area contributed by atoms with Gasteiger partial charge in [0.05, 0.1) is 26.2 Å². The lowest BCUT2D eigenvalue weighted by Gasteiger charge is -2.16. The standard InChI is InChI=1S/C15H14FNO4/c1-19-13-4-2-12(3-5-13)17-10-15(16,21-14(17)18)8-11-6-7-20-9-11/h2-7,9H,8,10H2,1H3. The lowest BCUT2D eigenvalue weighted by molar-refractivity contribution is -0.0563. The Kier molecular flexibility index (Phi) is 3.29. The van der Waals surface area contributed by atoms with Crippen molar-refractivity contribution in [2.45, 2.75) is 12.3 Å². The first kappa shape index (κ1) is 13.5. The maximum absolute atomic E-state index is 14.7. The summed E-state index contributed by atoms with van der Waals surface area (Å²) in [6.07, 6.45) is 2.15. The van der Waals surface area contributed by atoms with Crippen molar-refractivity contribution in [2.24, 2.45) is 0 Å². The SMILES string of the molecule is COc1ccc(N2CC(F)(Cc3ccoc3)OC2=O)cc1. The summed E-state index contributed by atoms with van der Waals surface area (Å²) in [5.74, 6) is -1.39. The molecule has 0 radical (unpaired) electrons. The second-order valence-electron chi connectivity index (χ2n) is 4.84. The maximum Gasteiger partial charge on any atom is 0.417 e. The molecule has 2 heterocycles. The molecule has 0 saturated carbocycles. The Morgan fingerprint density at radius 2 is 2.10 bits per heavy atom. The van der Waals surface area contributed by atoms with Crippen LogP contribution in [0.15, 0.2) is 47.3 Å². The van der Waals surface area contributed by atoms with Crippen LogP contribution in [-0.4, -0.2) is 25.6 Å². The Bertz CT molecular complexity index is 626. The van der Waals surface area contributed by atoms with Crippen LogP contribution in [0.25, 0.3) is 0 Å². The van der Waals surface area contributed by atoms with Crippen molar-refractivity contribution in [3.8, 4) is 5.75 Å². The van der Waals surface area contributed by atoms with Crippen LogP contribution in [-0.2, 0) is 11.2 Å². The molecule has 1 aliphatic rings. The Morgan fingerprint density at radius 1 is 1.33 bits per heavy atom. The molecule has 1 amide bonds. The van der Waals surface area contributed by atoms with Crippen LogP contribution in [0.3, 0.4) is 0 Å². The molecule has 1 unspecified atom stereocenters. The molecule has 5 nitrogen and oxygen atoms in total. The molecule has 2 aromatic rings. The van der Waals surface area contributed by atoms with E-state index in [2.05, 4.69) is 0 Å². The van der Waals surface area contributed by atoms with Crippen molar-refractivity contribution in [3.63, 3.8) is 0 Å². The molecule has 21 heavy (non-hydrogen) atoms. The maximum atomic E-state index is 14.7. The molecular formula is C15H14FNO4. The summed E-state index contributed by atoms with van der Waals surface area (Å²) in [6, 6.07) is 8.42. The van der Waals surface area contributed by atoms with Gasteiger partial charge in [-0.05, 0) is 35.9 Å². The second-order valence-corrected chi connectivity index (χ2v) is 4.84. The van der Waals surface area contributed by atoms with Gasteiger partial charge in [0.25, 0.3) is 5.85 Å². The van der Waals surface area contributed by atoms with E-state index in [4.69, 9.17) is 13.9 Å². The number of ether oxygens (including phenoxy) is 2. The van der Waals surface area contributed by atoms with E-state index in [0.717, 1.165) is 0 Å². The second kappa shape index (κ2) is 5.12. The van der Waals surface area contributed by atoms with Crippen LogP contribution in [0, 0.1) is 0 Å². The number of halogens is 1. The number of furan rings is 1. The van der Waals surface area contributed by atoms with Crippen molar-refractivity contribution in [3.05, 3.63) is 48.4 Å². The Balaban J connectivity index is 1.77. The van der Waals surface area contributed by atoms with Gasteiger partial charge in [-0.2, -0.15) is 4.39 Å². The summed E-state index contributed by atoms with van der Waals surface area (Å²) in [5, 5.41) is 0. The fourth-order valence-electron chi connectivity index (χ4n) is 2.29. The zero-order valence-corrected chi connectivity index (χ0v) is 11.4. The number of cyclic esters (lactones) is 1. The minimum atomic E-state index is -2.05. The number of carbonyl (C=O) groups excluding carboxylic acids is 1. The number of rotatable bonds is 4. The molecule has 0 bridgehead atoms. The van der Waals surface area contributed by atoms with Crippen molar-refractivity contribution < 1.29 is 23.1 Å². The third-order valence-electron chi connectivity index (χ3n) is 3.32. The monoisotopic (exact) mass is 291 g/mol.